The summed E-state index contributed by atoms with van der Waals surface area (Å²) >= 11 is 0. The molecule has 0 fully saturated rings. The van der Waals surface area contributed by atoms with Gasteiger partial charge in [-0.2, -0.15) is 0 Å². The molecule has 0 saturated heterocycles. The number of hydrogen-bond donors (Lipinski definition) is 0. The molecule has 0 atom stereocenters. The number of fused-ring (bicyclic) bond motifs is 1. The van der Waals surface area contributed by atoms with Gasteiger partial charge < -0.3 is 19.0 Å². The molecule has 1 heterocycles. The minimum Gasteiger partial charge on any atom is -0.464 e. The van der Waals surface area contributed by atoms with Crippen molar-refractivity contribution in [3.05, 3.63) is 117 Å². The van der Waals surface area contributed by atoms with Gasteiger partial charge in [-0.15, -0.1) is 0 Å². The van der Waals surface area contributed by atoms with Gasteiger partial charge in [0.15, 0.2) is 5.43 Å². The standard InChI is InChI=1S/C31H31FN2O5/c1-3-22-8-12-24(13-9-22)31(37)33(16-17-38-2)20-29(35)34(18-23-10-14-26(32)15-11-23)19-25-21-39-28-7-5-4-6-27(28)30(25)36/h4-15,21H,3,16-20H2,1-2H3. The molecule has 4 aromatic rings. The summed E-state index contributed by atoms with van der Waals surface area (Å²) in [5.41, 5.74) is 2.77. The summed E-state index contributed by atoms with van der Waals surface area (Å²) in [4.78, 5) is 43.1. The molecule has 0 saturated carbocycles. The van der Waals surface area contributed by atoms with E-state index in [-0.39, 0.29) is 50.0 Å². The average Bonchev–Trinajstić information content (AvgIpc) is 2.97. The number of carbonyl (C=O) groups excluding carboxylic acids is 2. The van der Waals surface area contributed by atoms with E-state index in [1.807, 2.05) is 19.1 Å². The smallest absolute Gasteiger partial charge is 0.254 e. The lowest BCUT2D eigenvalue weighted by Crippen LogP contribution is -2.44. The van der Waals surface area contributed by atoms with Crippen molar-refractivity contribution >= 4 is 22.8 Å². The molecule has 0 radical (unpaired) electrons. The van der Waals surface area contributed by atoms with Crippen LogP contribution in [0.3, 0.4) is 0 Å². The Morgan fingerprint density at radius 3 is 2.28 bits per heavy atom. The molecule has 7 nitrogen and oxygen atoms in total. The third kappa shape index (κ3) is 6.97. The van der Waals surface area contributed by atoms with Gasteiger partial charge in [-0.3, -0.25) is 14.4 Å². The molecule has 0 aliphatic heterocycles. The Morgan fingerprint density at radius 2 is 1.59 bits per heavy atom. The summed E-state index contributed by atoms with van der Waals surface area (Å²) in [6, 6.07) is 20.0. The summed E-state index contributed by atoms with van der Waals surface area (Å²) in [5, 5.41) is 0.414. The minimum atomic E-state index is -0.391. The first-order valence-corrected chi connectivity index (χ1v) is 12.8. The highest BCUT2D eigenvalue weighted by molar-refractivity contribution is 5.96. The molecule has 8 heteroatoms. The van der Waals surface area contributed by atoms with E-state index in [0.29, 0.717) is 27.7 Å². The van der Waals surface area contributed by atoms with Crippen molar-refractivity contribution in [3.63, 3.8) is 0 Å². The van der Waals surface area contributed by atoms with Gasteiger partial charge in [0.05, 0.1) is 30.4 Å². The van der Waals surface area contributed by atoms with E-state index in [1.54, 1.807) is 48.5 Å². The molecule has 39 heavy (non-hydrogen) atoms. The number of halogens is 1. The van der Waals surface area contributed by atoms with E-state index in [4.69, 9.17) is 9.15 Å². The van der Waals surface area contributed by atoms with Gasteiger partial charge in [-0.1, -0.05) is 43.3 Å². The predicted octanol–water partition coefficient (Wildman–Crippen LogP) is 4.81. The maximum absolute atomic E-state index is 13.7. The maximum Gasteiger partial charge on any atom is 0.254 e. The molecule has 0 N–H and O–H groups in total. The fourth-order valence-electron chi connectivity index (χ4n) is 4.26. The second-order valence-electron chi connectivity index (χ2n) is 9.23. The highest BCUT2D eigenvalue weighted by Crippen LogP contribution is 2.16. The predicted molar refractivity (Wildman–Crippen MR) is 147 cm³/mol. The van der Waals surface area contributed by atoms with Crippen LogP contribution in [0.25, 0.3) is 11.0 Å². The first-order valence-electron chi connectivity index (χ1n) is 12.8. The second kappa shape index (κ2) is 13.0. The van der Waals surface area contributed by atoms with Crippen LogP contribution in [0, 0.1) is 5.82 Å². The fourth-order valence-corrected chi connectivity index (χ4v) is 4.26. The number of amides is 2. The van der Waals surface area contributed by atoms with E-state index in [0.717, 1.165) is 12.0 Å². The van der Waals surface area contributed by atoms with Crippen LogP contribution in [0.15, 0.2) is 88.3 Å². The largest absolute Gasteiger partial charge is 0.464 e. The lowest BCUT2D eigenvalue weighted by molar-refractivity contribution is -0.133. The molecule has 4 rings (SSSR count). The molecule has 3 aromatic carbocycles. The quantitative estimate of drug-likeness (QED) is 0.278. The molecular weight excluding hydrogens is 499 g/mol. The van der Waals surface area contributed by atoms with Gasteiger partial charge in [-0.05, 0) is 53.9 Å². The summed E-state index contributed by atoms with van der Waals surface area (Å²) in [7, 11) is 1.53. The SMILES string of the molecule is CCc1ccc(C(=O)N(CCOC)CC(=O)N(Cc2ccc(F)cc2)Cc2coc3ccccc3c2=O)cc1. The summed E-state index contributed by atoms with van der Waals surface area (Å²) < 4.78 is 24.4. The number of benzene rings is 3. The first kappa shape index (κ1) is 27.7. The Hall–Kier alpha value is -4.30. The van der Waals surface area contributed by atoms with Crippen LogP contribution < -0.4 is 5.43 Å². The zero-order chi connectivity index (χ0) is 27.8. The lowest BCUT2D eigenvalue weighted by Gasteiger charge is -2.28. The monoisotopic (exact) mass is 530 g/mol. The molecule has 1 aromatic heterocycles. The Bertz CT molecular complexity index is 1480. The van der Waals surface area contributed by atoms with Crippen molar-refractivity contribution in [2.45, 2.75) is 26.4 Å². The van der Waals surface area contributed by atoms with Crippen LogP contribution in [-0.2, 0) is 29.0 Å². The van der Waals surface area contributed by atoms with E-state index >= 15 is 0 Å². The number of carbonyl (C=O) groups is 2. The van der Waals surface area contributed by atoms with Gasteiger partial charge in [0, 0.05) is 25.8 Å². The summed E-state index contributed by atoms with van der Waals surface area (Å²) in [6.45, 7) is 2.34. The Kier molecular flexibility index (Phi) is 9.22. The number of ether oxygens (including phenoxy) is 1. The second-order valence-corrected chi connectivity index (χ2v) is 9.23. The van der Waals surface area contributed by atoms with Gasteiger partial charge in [-0.25, -0.2) is 4.39 Å². The van der Waals surface area contributed by atoms with Crippen molar-refractivity contribution in [3.8, 4) is 0 Å². The highest BCUT2D eigenvalue weighted by Gasteiger charge is 2.24. The van der Waals surface area contributed by atoms with E-state index < -0.39 is 5.82 Å². The molecular formula is C31H31FN2O5. The van der Waals surface area contributed by atoms with Crippen molar-refractivity contribution in [2.75, 3.05) is 26.8 Å². The number of aryl methyl sites for hydroxylation is 1. The normalized spacial score (nSPS) is 10.9. The topological polar surface area (TPSA) is 80.1 Å². The lowest BCUT2D eigenvalue weighted by atomic mass is 10.1. The summed E-state index contributed by atoms with van der Waals surface area (Å²) in [5.74, 6) is -1.06. The van der Waals surface area contributed by atoms with Crippen LogP contribution in [0.1, 0.15) is 34.0 Å². The van der Waals surface area contributed by atoms with Gasteiger partial charge >= 0.3 is 0 Å². The molecule has 0 aliphatic carbocycles. The van der Waals surface area contributed by atoms with Crippen molar-refractivity contribution < 1.29 is 23.1 Å². The van der Waals surface area contributed by atoms with E-state index in [9.17, 15) is 18.8 Å². The third-order valence-corrected chi connectivity index (χ3v) is 6.54. The molecule has 2 amide bonds. The average molecular weight is 531 g/mol. The van der Waals surface area contributed by atoms with Crippen LogP contribution in [0.5, 0.6) is 0 Å². The fraction of sp³-hybridized carbons (Fsp3) is 0.258. The zero-order valence-corrected chi connectivity index (χ0v) is 22.1. The van der Waals surface area contributed by atoms with Crippen molar-refractivity contribution in [1.29, 1.82) is 0 Å². The zero-order valence-electron chi connectivity index (χ0n) is 22.1. The van der Waals surface area contributed by atoms with Gasteiger partial charge in [0.1, 0.15) is 17.9 Å². The molecule has 0 spiro atoms. The van der Waals surface area contributed by atoms with E-state index in [2.05, 4.69) is 0 Å². The van der Waals surface area contributed by atoms with Crippen molar-refractivity contribution in [2.24, 2.45) is 0 Å². The maximum atomic E-state index is 13.7. The Morgan fingerprint density at radius 1 is 0.897 bits per heavy atom. The Labute approximate surface area is 226 Å². The number of para-hydroxylation sites is 1. The molecule has 202 valence electrons. The highest BCUT2D eigenvalue weighted by atomic mass is 19.1. The number of nitrogens with zero attached hydrogens (tertiary/aromatic N) is 2. The first-order chi connectivity index (χ1) is 18.9. The van der Waals surface area contributed by atoms with Crippen LogP contribution in [-0.4, -0.2) is 48.4 Å². The summed E-state index contributed by atoms with van der Waals surface area (Å²) in [6.07, 6.45) is 2.21. The molecule has 0 aliphatic rings. The number of hydrogen-bond acceptors (Lipinski definition) is 5. The number of methoxy groups -OCH3 is 1. The minimum absolute atomic E-state index is 0.0408. The number of rotatable bonds is 11. The third-order valence-electron chi connectivity index (χ3n) is 6.54. The Balaban J connectivity index is 1.62. The van der Waals surface area contributed by atoms with Crippen LogP contribution in [0.2, 0.25) is 0 Å². The van der Waals surface area contributed by atoms with Gasteiger partial charge in [0.2, 0.25) is 5.91 Å². The van der Waals surface area contributed by atoms with Crippen LogP contribution in [0.4, 0.5) is 4.39 Å². The molecule has 0 bridgehead atoms. The van der Waals surface area contributed by atoms with E-state index in [1.165, 1.54) is 35.3 Å². The van der Waals surface area contributed by atoms with Crippen molar-refractivity contribution in [1.82, 2.24) is 9.80 Å². The molecule has 0 unspecified atom stereocenters. The van der Waals surface area contributed by atoms with Gasteiger partial charge in [0.25, 0.3) is 5.91 Å². The van der Waals surface area contributed by atoms with Crippen LogP contribution >= 0.6 is 0 Å².